The Bertz CT molecular complexity index is 956. The largest absolute Gasteiger partial charge is 0.478 e. The average Bonchev–Trinajstić information content (AvgIpc) is 3.04. The Kier molecular flexibility index (Phi) is 5.81. The van der Waals surface area contributed by atoms with Gasteiger partial charge in [-0.05, 0) is 32.9 Å². The molecule has 0 bridgehead atoms. The smallest absolute Gasteiger partial charge is 0.381 e. The van der Waals surface area contributed by atoms with Crippen molar-refractivity contribution in [2.45, 2.75) is 37.6 Å². The van der Waals surface area contributed by atoms with E-state index < -0.39 is 28.5 Å². The van der Waals surface area contributed by atoms with Gasteiger partial charge in [0.15, 0.2) is 4.34 Å². The highest BCUT2D eigenvalue weighted by Crippen LogP contribution is 2.30. The van der Waals surface area contributed by atoms with E-state index >= 15 is 0 Å². The quantitative estimate of drug-likeness (QED) is 0.413. The van der Waals surface area contributed by atoms with Crippen LogP contribution in [0.1, 0.15) is 27.2 Å². The Morgan fingerprint density at radius 3 is 2.85 bits per heavy atom. The lowest BCUT2D eigenvalue weighted by atomic mass is 10.0. The van der Waals surface area contributed by atoms with Crippen LogP contribution in [0.25, 0.3) is 10.3 Å². The Morgan fingerprint density at radius 1 is 1.41 bits per heavy atom. The molecule has 1 aliphatic heterocycles. The van der Waals surface area contributed by atoms with Gasteiger partial charge in [-0.3, -0.25) is 9.00 Å². The van der Waals surface area contributed by atoms with Gasteiger partial charge in [-0.1, -0.05) is 23.0 Å². The maximum atomic E-state index is 12.3. The van der Waals surface area contributed by atoms with Crippen molar-refractivity contribution in [3.8, 4) is 0 Å². The van der Waals surface area contributed by atoms with E-state index in [1.807, 2.05) is 19.9 Å². The minimum atomic E-state index is -1.71. The SMILES string of the molecule is CC(C)=CCC1OC(C(=O)OC(=O)CS(=O)c2nc3cccnc3s2)=C1C. The molecule has 0 aromatic carbocycles. The molecule has 1 aliphatic rings. The maximum absolute atomic E-state index is 12.3. The number of thiazole rings is 1. The van der Waals surface area contributed by atoms with E-state index in [4.69, 9.17) is 9.47 Å². The number of aromatic nitrogens is 2. The summed E-state index contributed by atoms with van der Waals surface area (Å²) in [5.41, 5.74) is 2.51. The molecule has 2 atom stereocenters. The maximum Gasteiger partial charge on any atom is 0.381 e. The Hall–Kier alpha value is -2.39. The van der Waals surface area contributed by atoms with Crippen LogP contribution in [-0.4, -0.2) is 38.0 Å². The van der Waals surface area contributed by atoms with Gasteiger partial charge in [0, 0.05) is 18.2 Å². The fraction of sp³-hybridized carbons (Fsp3) is 0.333. The number of allylic oxidation sites excluding steroid dienone is 1. The van der Waals surface area contributed by atoms with Crippen LogP contribution >= 0.6 is 11.3 Å². The van der Waals surface area contributed by atoms with E-state index in [0.717, 1.165) is 22.5 Å². The summed E-state index contributed by atoms with van der Waals surface area (Å²) in [4.78, 5) is 32.9. The lowest BCUT2D eigenvalue weighted by Crippen LogP contribution is -2.32. The lowest BCUT2D eigenvalue weighted by Gasteiger charge is -2.30. The zero-order valence-corrected chi connectivity index (χ0v) is 16.7. The summed E-state index contributed by atoms with van der Waals surface area (Å²) >= 11 is 1.14. The van der Waals surface area contributed by atoms with Crippen molar-refractivity contribution < 1.29 is 23.3 Å². The summed E-state index contributed by atoms with van der Waals surface area (Å²) in [5, 5.41) is 0. The summed E-state index contributed by atoms with van der Waals surface area (Å²) in [5.74, 6) is -2.15. The van der Waals surface area contributed by atoms with E-state index in [1.54, 1.807) is 25.3 Å². The van der Waals surface area contributed by atoms with Crippen LogP contribution in [0, 0.1) is 0 Å². The van der Waals surface area contributed by atoms with Gasteiger partial charge in [-0.25, -0.2) is 14.8 Å². The topological polar surface area (TPSA) is 95.5 Å². The number of esters is 2. The number of carbonyl (C=O) groups is 2. The number of nitrogens with zero attached hydrogens (tertiary/aromatic N) is 2. The molecule has 27 heavy (non-hydrogen) atoms. The first kappa shape index (κ1) is 19.4. The number of hydrogen-bond acceptors (Lipinski definition) is 8. The first-order valence-corrected chi connectivity index (χ1v) is 10.3. The molecule has 0 fully saturated rings. The van der Waals surface area contributed by atoms with Gasteiger partial charge < -0.3 is 9.47 Å². The Labute approximate surface area is 162 Å². The van der Waals surface area contributed by atoms with Crippen LogP contribution in [0.15, 0.2) is 45.7 Å². The predicted octanol–water partition coefficient (Wildman–Crippen LogP) is 2.90. The highest BCUT2D eigenvalue weighted by Gasteiger charge is 2.34. The molecule has 3 rings (SSSR count). The summed E-state index contributed by atoms with van der Waals surface area (Å²) < 4.78 is 22.7. The van der Waals surface area contributed by atoms with Crippen LogP contribution in [0.3, 0.4) is 0 Å². The van der Waals surface area contributed by atoms with Crippen molar-refractivity contribution in [2.75, 3.05) is 5.75 Å². The van der Waals surface area contributed by atoms with Gasteiger partial charge in [-0.15, -0.1) is 0 Å². The fourth-order valence-corrected chi connectivity index (χ4v) is 4.41. The molecule has 0 saturated heterocycles. The number of carbonyl (C=O) groups excluding carboxylic acids is 2. The van der Waals surface area contributed by atoms with Gasteiger partial charge in [0.05, 0.1) is 10.8 Å². The molecule has 3 heterocycles. The summed E-state index contributed by atoms with van der Waals surface area (Å²) in [6.07, 6.45) is 4.10. The molecule has 9 heteroatoms. The zero-order valence-electron chi connectivity index (χ0n) is 15.1. The number of ether oxygens (including phenoxy) is 2. The molecule has 7 nitrogen and oxygen atoms in total. The number of rotatable bonds is 6. The van der Waals surface area contributed by atoms with E-state index in [-0.39, 0.29) is 16.2 Å². The van der Waals surface area contributed by atoms with E-state index in [9.17, 15) is 13.8 Å². The highest BCUT2D eigenvalue weighted by molar-refractivity contribution is 7.88. The molecule has 0 saturated carbocycles. The van der Waals surface area contributed by atoms with Crippen LogP contribution in [0.5, 0.6) is 0 Å². The third kappa shape index (κ3) is 4.48. The van der Waals surface area contributed by atoms with Crippen molar-refractivity contribution in [1.29, 1.82) is 0 Å². The third-order valence-electron chi connectivity index (χ3n) is 3.82. The van der Waals surface area contributed by atoms with E-state index in [1.165, 1.54) is 0 Å². The van der Waals surface area contributed by atoms with Crippen molar-refractivity contribution in [3.05, 3.63) is 41.3 Å². The minimum Gasteiger partial charge on any atom is -0.478 e. The number of pyridine rings is 1. The summed E-state index contributed by atoms with van der Waals surface area (Å²) in [6, 6.07) is 3.47. The Morgan fingerprint density at radius 2 is 2.19 bits per heavy atom. The second-order valence-corrected chi connectivity index (χ2v) is 8.80. The van der Waals surface area contributed by atoms with E-state index in [0.29, 0.717) is 16.8 Å². The lowest BCUT2D eigenvalue weighted by molar-refractivity contribution is -0.159. The molecule has 0 spiro atoms. The average molecular weight is 406 g/mol. The monoisotopic (exact) mass is 406 g/mol. The van der Waals surface area contributed by atoms with Crippen LogP contribution in [-0.2, 0) is 29.9 Å². The van der Waals surface area contributed by atoms with Crippen LogP contribution in [0.2, 0.25) is 0 Å². The summed E-state index contributed by atoms with van der Waals surface area (Å²) in [6.45, 7) is 5.72. The molecule has 2 aromatic rings. The molecule has 142 valence electrons. The first-order valence-electron chi connectivity index (χ1n) is 8.21. The fourth-order valence-electron chi connectivity index (χ4n) is 2.38. The minimum absolute atomic E-state index is 0.0467. The van der Waals surface area contributed by atoms with Gasteiger partial charge in [0.2, 0.25) is 5.76 Å². The molecule has 0 N–H and O–H groups in total. The molecule has 0 aliphatic carbocycles. The normalized spacial score (nSPS) is 17.1. The van der Waals surface area contributed by atoms with Gasteiger partial charge in [0.1, 0.15) is 22.2 Å². The molecular weight excluding hydrogens is 388 g/mol. The standard InChI is InChI=1S/C18H18N2O5S2/c1-10(2)6-7-13-11(3)15(24-13)17(22)25-14(21)9-27(23)18-20-12-5-4-8-19-16(12)26-18/h4-6,8,13H,7,9H2,1-3H3. The summed E-state index contributed by atoms with van der Waals surface area (Å²) in [7, 11) is -1.71. The molecule has 2 aromatic heterocycles. The van der Waals surface area contributed by atoms with Gasteiger partial charge >= 0.3 is 11.9 Å². The van der Waals surface area contributed by atoms with Gasteiger partial charge in [0.25, 0.3) is 0 Å². The Balaban J connectivity index is 1.57. The predicted molar refractivity (Wildman–Crippen MR) is 101 cm³/mol. The zero-order chi connectivity index (χ0) is 19.6. The van der Waals surface area contributed by atoms with Crippen molar-refractivity contribution in [2.24, 2.45) is 0 Å². The van der Waals surface area contributed by atoms with Crippen molar-refractivity contribution >= 4 is 44.4 Å². The molecule has 0 radical (unpaired) electrons. The third-order valence-corrected chi connectivity index (χ3v) is 6.38. The van der Waals surface area contributed by atoms with Gasteiger partial charge in [-0.2, -0.15) is 0 Å². The second kappa shape index (κ2) is 8.10. The van der Waals surface area contributed by atoms with Crippen molar-refractivity contribution in [3.63, 3.8) is 0 Å². The molecular formula is C18H18N2O5S2. The van der Waals surface area contributed by atoms with Crippen molar-refractivity contribution in [1.82, 2.24) is 9.97 Å². The molecule has 2 unspecified atom stereocenters. The van der Waals surface area contributed by atoms with Crippen LogP contribution < -0.4 is 0 Å². The molecule has 0 amide bonds. The second-order valence-electron chi connectivity index (χ2n) is 6.19. The first-order chi connectivity index (χ1) is 12.8. The van der Waals surface area contributed by atoms with Crippen LogP contribution in [0.4, 0.5) is 0 Å². The number of fused-ring (bicyclic) bond motifs is 1. The van der Waals surface area contributed by atoms with E-state index in [2.05, 4.69) is 9.97 Å². The highest BCUT2D eigenvalue weighted by atomic mass is 32.2. The number of hydrogen-bond donors (Lipinski definition) is 0.